The molecule has 0 bridgehead atoms. The van der Waals surface area contributed by atoms with E-state index in [-0.39, 0.29) is 23.9 Å². The summed E-state index contributed by atoms with van der Waals surface area (Å²) in [4.78, 5) is 14.5. The molecule has 0 N–H and O–H groups in total. The molecule has 1 aliphatic heterocycles. The van der Waals surface area contributed by atoms with Gasteiger partial charge in [0.2, 0.25) is 0 Å². The second-order valence-electron chi connectivity index (χ2n) is 5.66. The van der Waals surface area contributed by atoms with Crippen LogP contribution in [-0.4, -0.2) is 37.1 Å². The lowest BCUT2D eigenvalue weighted by Crippen LogP contribution is -2.42. The van der Waals surface area contributed by atoms with Crippen LogP contribution in [0.25, 0.3) is 0 Å². The molecule has 1 aromatic carbocycles. The Morgan fingerprint density at radius 3 is 2.63 bits per heavy atom. The van der Waals surface area contributed by atoms with Crippen LogP contribution in [0.4, 0.5) is 0 Å². The Balaban J connectivity index is 2.17. The fraction of sp³-hybridized carbons (Fsp3) is 0.562. The second-order valence-corrected chi connectivity index (χ2v) is 5.66. The molecule has 0 radical (unpaired) electrons. The molecule has 1 aliphatic rings. The molecule has 1 aromatic rings. The summed E-state index contributed by atoms with van der Waals surface area (Å²) in [6.07, 6.45) is 0.967. The smallest absolute Gasteiger partial charge is 0.311 e. The van der Waals surface area contributed by atoms with Gasteiger partial charge < -0.3 is 9.64 Å². The van der Waals surface area contributed by atoms with Crippen LogP contribution in [0, 0.1) is 5.92 Å². The minimum atomic E-state index is -0.0598. The van der Waals surface area contributed by atoms with Gasteiger partial charge in [-0.1, -0.05) is 30.3 Å². The third kappa shape index (κ3) is 3.57. The maximum Gasteiger partial charge on any atom is 0.311 e. The first kappa shape index (κ1) is 14.1. The molecule has 0 amide bonds. The van der Waals surface area contributed by atoms with Crippen LogP contribution >= 0.6 is 0 Å². The number of likely N-dealkylation sites (tertiary alicyclic amines) is 1. The number of hydrogen-bond donors (Lipinski definition) is 0. The minimum Gasteiger partial charge on any atom is -0.463 e. The summed E-state index contributed by atoms with van der Waals surface area (Å²) in [5.41, 5.74) is 1.25. The summed E-state index contributed by atoms with van der Waals surface area (Å²) in [6.45, 7) is 5.63. The molecule has 1 saturated heterocycles. The molecule has 2 unspecified atom stereocenters. The summed E-state index contributed by atoms with van der Waals surface area (Å²) in [7, 11) is 2.07. The van der Waals surface area contributed by atoms with Gasteiger partial charge in [-0.05, 0) is 45.3 Å². The van der Waals surface area contributed by atoms with E-state index in [0.717, 1.165) is 19.5 Å². The highest BCUT2D eigenvalue weighted by Gasteiger charge is 2.35. The van der Waals surface area contributed by atoms with Crippen LogP contribution in [0.3, 0.4) is 0 Å². The van der Waals surface area contributed by atoms with E-state index in [9.17, 15) is 4.79 Å². The van der Waals surface area contributed by atoms with E-state index in [4.69, 9.17) is 4.74 Å². The van der Waals surface area contributed by atoms with Crippen molar-refractivity contribution < 1.29 is 9.53 Å². The van der Waals surface area contributed by atoms with Crippen molar-refractivity contribution in [1.82, 2.24) is 4.90 Å². The first-order valence-electron chi connectivity index (χ1n) is 7.02. The molecule has 0 aromatic heterocycles. The Morgan fingerprint density at radius 1 is 1.32 bits per heavy atom. The Morgan fingerprint density at radius 2 is 2.00 bits per heavy atom. The predicted octanol–water partition coefficient (Wildman–Crippen LogP) is 2.67. The van der Waals surface area contributed by atoms with Gasteiger partial charge in [0.25, 0.3) is 0 Å². The van der Waals surface area contributed by atoms with Crippen molar-refractivity contribution in [1.29, 1.82) is 0 Å². The van der Waals surface area contributed by atoms with Crippen molar-refractivity contribution in [3.05, 3.63) is 35.9 Å². The normalized spacial score (nSPS) is 24.4. The lowest BCUT2D eigenvalue weighted by molar-refractivity contribution is -0.155. The van der Waals surface area contributed by atoms with Gasteiger partial charge in [-0.15, -0.1) is 0 Å². The van der Waals surface area contributed by atoms with Crippen molar-refractivity contribution >= 4 is 5.97 Å². The molecule has 0 aliphatic carbocycles. The van der Waals surface area contributed by atoms with Gasteiger partial charge in [-0.2, -0.15) is 0 Å². The number of piperidine rings is 1. The van der Waals surface area contributed by atoms with Gasteiger partial charge in [0.05, 0.1) is 12.0 Å². The number of ether oxygens (including phenoxy) is 1. The first-order chi connectivity index (χ1) is 9.08. The van der Waals surface area contributed by atoms with Crippen LogP contribution in [0.2, 0.25) is 0 Å². The summed E-state index contributed by atoms with van der Waals surface area (Å²) in [6, 6.07) is 10.3. The predicted molar refractivity (Wildman–Crippen MR) is 76.0 cm³/mol. The average Bonchev–Trinajstić information content (AvgIpc) is 2.39. The van der Waals surface area contributed by atoms with Crippen molar-refractivity contribution in [2.24, 2.45) is 5.92 Å². The van der Waals surface area contributed by atoms with Crippen molar-refractivity contribution in [2.45, 2.75) is 32.3 Å². The number of nitrogens with zero attached hydrogens (tertiary/aromatic N) is 1. The van der Waals surface area contributed by atoms with E-state index in [1.165, 1.54) is 5.56 Å². The first-order valence-corrected chi connectivity index (χ1v) is 7.02. The topological polar surface area (TPSA) is 29.5 Å². The van der Waals surface area contributed by atoms with Gasteiger partial charge in [0, 0.05) is 6.54 Å². The Kier molecular flexibility index (Phi) is 4.59. The second kappa shape index (κ2) is 6.20. The SMILES string of the molecule is CC(C)OC(=O)C1CN(C)CCC1c1ccccc1. The van der Waals surface area contributed by atoms with Crippen LogP contribution in [-0.2, 0) is 9.53 Å². The van der Waals surface area contributed by atoms with E-state index in [1.807, 2.05) is 32.0 Å². The van der Waals surface area contributed by atoms with Crippen molar-refractivity contribution in [2.75, 3.05) is 20.1 Å². The number of hydrogen-bond acceptors (Lipinski definition) is 3. The molecule has 3 nitrogen and oxygen atoms in total. The number of benzene rings is 1. The minimum absolute atomic E-state index is 0.0452. The highest BCUT2D eigenvalue weighted by Crippen LogP contribution is 2.33. The van der Waals surface area contributed by atoms with E-state index in [2.05, 4.69) is 24.1 Å². The largest absolute Gasteiger partial charge is 0.463 e. The van der Waals surface area contributed by atoms with Crippen LogP contribution < -0.4 is 0 Å². The molecule has 2 atom stereocenters. The van der Waals surface area contributed by atoms with Crippen molar-refractivity contribution in [3.63, 3.8) is 0 Å². The lowest BCUT2D eigenvalue weighted by atomic mass is 9.80. The standard InChI is InChI=1S/C16H23NO2/c1-12(2)19-16(18)15-11-17(3)10-9-14(15)13-7-5-4-6-8-13/h4-8,12,14-15H,9-11H2,1-3H3. The summed E-state index contributed by atoms with van der Waals surface area (Å²) < 4.78 is 5.42. The van der Waals surface area contributed by atoms with Gasteiger partial charge in [-0.25, -0.2) is 0 Å². The molecule has 1 heterocycles. The molecule has 0 spiro atoms. The maximum atomic E-state index is 12.3. The van der Waals surface area contributed by atoms with E-state index in [1.54, 1.807) is 0 Å². The third-order valence-corrected chi connectivity index (χ3v) is 3.70. The van der Waals surface area contributed by atoms with Crippen LogP contribution in [0.15, 0.2) is 30.3 Å². The summed E-state index contributed by atoms with van der Waals surface area (Å²) >= 11 is 0. The Bertz CT molecular complexity index is 416. The zero-order valence-electron chi connectivity index (χ0n) is 12.0. The molecule has 104 valence electrons. The van der Waals surface area contributed by atoms with Gasteiger partial charge in [0.1, 0.15) is 0 Å². The highest BCUT2D eigenvalue weighted by molar-refractivity contribution is 5.74. The van der Waals surface area contributed by atoms with Gasteiger partial charge in [0.15, 0.2) is 0 Å². The number of esters is 1. The fourth-order valence-electron chi connectivity index (χ4n) is 2.77. The maximum absolute atomic E-state index is 12.3. The summed E-state index contributed by atoms with van der Waals surface area (Å²) in [5.74, 6) is 0.169. The molecular weight excluding hydrogens is 238 g/mol. The fourth-order valence-corrected chi connectivity index (χ4v) is 2.77. The highest BCUT2D eigenvalue weighted by atomic mass is 16.5. The number of rotatable bonds is 3. The third-order valence-electron chi connectivity index (χ3n) is 3.70. The lowest BCUT2D eigenvalue weighted by Gasteiger charge is -2.36. The van der Waals surface area contributed by atoms with Crippen molar-refractivity contribution in [3.8, 4) is 0 Å². The number of carbonyl (C=O) groups is 1. The van der Waals surface area contributed by atoms with Gasteiger partial charge in [-0.3, -0.25) is 4.79 Å². The monoisotopic (exact) mass is 261 g/mol. The molecule has 19 heavy (non-hydrogen) atoms. The molecule has 0 saturated carbocycles. The summed E-state index contributed by atoms with van der Waals surface area (Å²) in [5, 5.41) is 0. The van der Waals surface area contributed by atoms with Crippen LogP contribution in [0.1, 0.15) is 31.7 Å². The number of carbonyl (C=O) groups excluding carboxylic acids is 1. The Labute approximate surface area is 115 Å². The van der Waals surface area contributed by atoms with E-state index >= 15 is 0 Å². The molecule has 3 heteroatoms. The zero-order valence-corrected chi connectivity index (χ0v) is 12.0. The van der Waals surface area contributed by atoms with E-state index < -0.39 is 0 Å². The quantitative estimate of drug-likeness (QED) is 0.783. The Hall–Kier alpha value is -1.35. The van der Waals surface area contributed by atoms with E-state index in [0.29, 0.717) is 0 Å². The zero-order chi connectivity index (χ0) is 13.8. The molecule has 1 fully saturated rings. The molecule has 2 rings (SSSR count). The van der Waals surface area contributed by atoms with Crippen LogP contribution in [0.5, 0.6) is 0 Å². The average molecular weight is 261 g/mol. The molecular formula is C16H23NO2. The van der Waals surface area contributed by atoms with Gasteiger partial charge >= 0.3 is 5.97 Å².